The summed E-state index contributed by atoms with van der Waals surface area (Å²) in [6, 6.07) is 25.5. The number of rotatable bonds is 6. The van der Waals surface area contributed by atoms with Gasteiger partial charge >= 0.3 is 5.91 Å². The SMILES string of the molecule is CC(=O)NC1=NN(c2ccccc2)C(=O)C1(NC(C)=O)Nc1ccccc1.CCNCC.c1cc2cc(c1)O2. The van der Waals surface area contributed by atoms with Crippen LogP contribution in [0.5, 0.6) is 11.5 Å². The first-order chi connectivity index (χ1) is 18.8. The molecule has 0 aliphatic carbocycles. The summed E-state index contributed by atoms with van der Waals surface area (Å²) in [6.07, 6.45) is 0. The lowest BCUT2D eigenvalue weighted by Gasteiger charge is -2.31. The molecule has 3 amide bonds. The minimum atomic E-state index is -1.74. The summed E-state index contributed by atoms with van der Waals surface area (Å²) < 4.78 is 5.01. The van der Waals surface area contributed by atoms with Gasteiger partial charge in [0, 0.05) is 25.6 Å². The molecule has 1 unspecified atom stereocenters. The number of anilines is 2. The number of hydrogen-bond acceptors (Lipinski definition) is 7. The number of fused-ring (bicyclic) bond motifs is 2. The Bertz CT molecular complexity index is 1270. The Morgan fingerprint density at radius 3 is 1.82 bits per heavy atom. The van der Waals surface area contributed by atoms with Gasteiger partial charge in [-0.15, -0.1) is 5.10 Å². The third kappa shape index (κ3) is 7.65. The van der Waals surface area contributed by atoms with Crippen molar-refractivity contribution in [3.63, 3.8) is 0 Å². The van der Waals surface area contributed by atoms with E-state index in [9.17, 15) is 14.4 Å². The fraction of sp³-hybridized carbons (Fsp3) is 0.241. The largest absolute Gasteiger partial charge is 0.457 e. The fourth-order valence-corrected chi connectivity index (χ4v) is 3.70. The number of amides is 3. The van der Waals surface area contributed by atoms with Crippen LogP contribution in [0, 0.1) is 0 Å². The maximum atomic E-state index is 13.3. The van der Waals surface area contributed by atoms with Crippen molar-refractivity contribution in [2.24, 2.45) is 5.10 Å². The van der Waals surface area contributed by atoms with Crippen molar-refractivity contribution in [2.75, 3.05) is 23.4 Å². The number of carbonyl (C=O) groups excluding carboxylic acids is 3. The van der Waals surface area contributed by atoms with E-state index in [4.69, 9.17) is 4.74 Å². The van der Waals surface area contributed by atoms with Crippen molar-refractivity contribution in [2.45, 2.75) is 33.4 Å². The molecule has 0 saturated heterocycles. The molecule has 1 atom stereocenters. The second-order valence-corrected chi connectivity index (χ2v) is 8.54. The third-order valence-electron chi connectivity index (χ3n) is 5.37. The van der Waals surface area contributed by atoms with Gasteiger partial charge in [-0.2, -0.15) is 5.01 Å². The first kappa shape index (κ1) is 28.9. The maximum Gasteiger partial charge on any atom is 0.302 e. The molecule has 6 rings (SSSR count). The van der Waals surface area contributed by atoms with Gasteiger partial charge in [0.25, 0.3) is 5.66 Å². The molecule has 0 radical (unpaired) electrons. The summed E-state index contributed by atoms with van der Waals surface area (Å²) in [5.41, 5.74) is -0.658. The molecule has 10 heteroatoms. The molecule has 0 fully saturated rings. The number of hydrogen-bond donors (Lipinski definition) is 4. The van der Waals surface area contributed by atoms with E-state index in [2.05, 4.69) is 40.2 Å². The van der Waals surface area contributed by atoms with Crippen LogP contribution in [0.25, 0.3) is 0 Å². The van der Waals surface area contributed by atoms with Crippen molar-refractivity contribution in [1.29, 1.82) is 0 Å². The van der Waals surface area contributed by atoms with Crippen molar-refractivity contribution in [3.8, 4) is 11.5 Å². The maximum absolute atomic E-state index is 13.3. The van der Waals surface area contributed by atoms with Crippen molar-refractivity contribution in [3.05, 3.63) is 84.9 Å². The van der Waals surface area contributed by atoms with Crippen molar-refractivity contribution >= 4 is 34.9 Å². The molecule has 3 heterocycles. The molecule has 3 aliphatic heterocycles. The zero-order valence-corrected chi connectivity index (χ0v) is 22.5. The van der Waals surface area contributed by atoms with E-state index < -0.39 is 23.4 Å². The highest BCUT2D eigenvalue weighted by atomic mass is 16.5. The second-order valence-electron chi connectivity index (χ2n) is 8.54. The number of nitrogens with one attached hydrogen (secondary N) is 4. The molecule has 204 valence electrons. The van der Waals surface area contributed by atoms with Crippen LogP contribution >= 0.6 is 0 Å². The lowest BCUT2D eigenvalue weighted by Crippen LogP contribution is -2.67. The summed E-state index contributed by atoms with van der Waals surface area (Å²) >= 11 is 0. The van der Waals surface area contributed by atoms with Gasteiger partial charge in [0.1, 0.15) is 11.5 Å². The Morgan fingerprint density at radius 1 is 0.846 bits per heavy atom. The summed E-state index contributed by atoms with van der Waals surface area (Å²) in [4.78, 5) is 37.0. The van der Waals surface area contributed by atoms with Gasteiger partial charge in [0.15, 0.2) is 5.84 Å². The molecule has 0 aromatic heterocycles. The first-order valence-corrected chi connectivity index (χ1v) is 12.7. The predicted molar refractivity (Wildman–Crippen MR) is 153 cm³/mol. The van der Waals surface area contributed by atoms with E-state index in [1.807, 2.05) is 36.4 Å². The molecule has 4 N–H and O–H groups in total. The average molecular weight is 531 g/mol. The molecule has 10 nitrogen and oxygen atoms in total. The van der Waals surface area contributed by atoms with Crippen molar-refractivity contribution in [1.82, 2.24) is 16.0 Å². The minimum Gasteiger partial charge on any atom is -0.457 e. The van der Waals surface area contributed by atoms with Gasteiger partial charge in [0.2, 0.25) is 11.8 Å². The molecule has 3 aliphatic rings. The third-order valence-corrected chi connectivity index (χ3v) is 5.37. The average Bonchev–Trinajstić information content (AvgIpc) is 3.16. The summed E-state index contributed by atoms with van der Waals surface area (Å²) in [5, 5.41) is 16.7. The molecule has 3 aromatic carbocycles. The quantitative estimate of drug-likeness (QED) is 0.281. The number of carbonyl (C=O) groups is 3. The summed E-state index contributed by atoms with van der Waals surface area (Å²) in [5.74, 6) is 0.537. The van der Waals surface area contributed by atoms with Gasteiger partial charge in [-0.05, 0) is 49.5 Å². The molecular weight excluding hydrogens is 496 g/mol. The molecule has 0 spiro atoms. The number of hydrazone groups is 1. The lowest BCUT2D eigenvalue weighted by molar-refractivity contribution is -0.127. The standard InChI is InChI=1S/C19H19N5O3.C6H4O.C4H11N/c1-13(25)20-17-19(21-14(2)26,22-15-9-5-3-6-10-15)18(27)24(23-17)16-11-7-4-8-12-16;1-2-5-4-6(3-1)7-5;1-3-5-4-2/h3-12,22H,1-2H3,(H,21,26)(H,20,23,25);1-4H;5H,3-4H2,1-2H3. The Hall–Kier alpha value is -4.70. The highest BCUT2D eigenvalue weighted by molar-refractivity contribution is 6.27. The number of nitrogens with zero attached hydrogens (tertiary/aromatic N) is 2. The molecule has 2 bridgehead atoms. The van der Waals surface area contributed by atoms with E-state index in [0.717, 1.165) is 29.6 Å². The van der Waals surface area contributed by atoms with Gasteiger partial charge in [-0.25, -0.2) is 0 Å². The van der Waals surface area contributed by atoms with Gasteiger partial charge in [-0.1, -0.05) is 56.3 Å². The van der Waals surface area contributed by atoms with E-state index in [1.54, 1.807) is 48.5 Å². The van der Waals surface area contributed by atoms with Crippen LogP contribution < -0.4 is 31.0 Å². The van der Waals surface area contributed by atoms with E-state index in [0.29, 0.717) is 11.4 Å². The molecular formula is C29H34N6O4. The predicted octanol–water partition coefficient (Wildman–Crippen LogP) is 3.84. The van der Waals surface area contributed by atoms with Crippen LogP contribution in [0.3, 0.4) is 0 Å². The Labute approximate surface area is 228 Å². The normalized spacial score (nSPS) is 16.2. The topological polar surface area (TPSA) is 124 Å². The van der Waals surface area contributed by atoms with Crippen LogP contribution in [0.4, 0.5) is 11.4 Å². The highest BCUT2D eigenvalue weighted by Gasteiger charge is 2.53. The zero-order chi connectivity index (χ0) is 28.3. The summed E-state index contributed by atoms with van der Waals surface area (Å²) in [7, 11) is 0. The Kier molecular flexibility index (Phi) is 10.2. The monoisotopic (exact) mass is 530 g/mol. The highest BCUT2D eigenvalue weighted by Crippen LogP contribution is 2.33. The Balaban J connectivity index is 0.000000285. The smallest absolute Gasteiger partial charge is 0.302 e. The number of para-hydroxylation sites is 2. The van der Waals surface area contributed by atoms with Crippen molar-refractivity contribution < 1.29 is 19.1 Å². The van der Waals surface area contributed by atoms with Crippen LogP contribution in [0.15, 0.2) is 90.0 Å². The second kappa shape index (κ2) is 13.7. The van der Waals surface area contributed by atoms with Crippen LogP contribution in [-0.2, 0) is 14.4 Å². The van der Waals surface area contributed by atoms with Crippen LogP contribution in [0.2, 0.25) is 0 Å². The molecule has 39 heavy (non-hydrogen) atoms. The van der Waals surface area contributed by atoms with E-state index in [1.165, 1.54) is 13.8 Å². The van der Waals surface area contributed by atoms with E-state index >= 15 is 0 Å². The van der Waals surface area contributed by atoms with Gasteiger partial charge in [0.05, 0.1) is 5.69 Å². The zero-order valence-electron chi connectivity index (χ0n) is 22.5. The molecule has 3 aromatic rings. The van der Waals surface area contributed by atoms with Gasteiger partial charge < -0.3 is 26.0 Å². The summed E-state index contributed by atoms with van der Waals surface area (Å²) in [6.45, 7) is 8.98. The Morgan fingerprint density at radius 2 is 1.41 bits per heavy atom. The first-order valence-electron chi connectivity index (χ1n) is 12.7. The minimum absolute atomic E-state index is 0.0112. The molecule has 0 saturated carbocycles. The van der Waals surface area contributed by atoms with Crippen LogP contribution in [0.1, 0.15) is 27.7 Å². The van der Waals surface area contributed by atoms with E-state index in [-0.39, 0.29) is 5.84 Å². The fourth-order valence-electron chi connectivity index (χ4n) is 3.70. The lowest BCUT2D eigenvalue weighted by atomic mass is 10.1. The number of amidine groups is 1. The van der Waals surface area contributed by atoms with Crippen LogP contribution in [-0.4, -0.2) is 42.3 Å². The number of benzene rings is 3. The number of ether oxygens (including phenoxy) is 1. The van der Waals surface area contributed by atoms with Gasteiger partial charge in [-0.3, -0.25) is 14.4 Å².